The van der Waals surface area contributed by atoms with Crippen LogP contribution in [0.25, 0.3) is 0 Å². The summed E-state index contributed by atoms with van der Waals surface area (Å²) in [4.78, 5) is 16.4. The van der Waals surface area contributed by atoms with Crippen LogP contribution < -0.4 is 4.74 Å². The molecule has 0 fully saturated rings. The van der Waals surface area contributed by atoms with Crippen molar-refractivity contribution in [3.63, 3.8) is 0 Å². The second-order valence-electron chi connectivity index (χ2n) is 3.51. The van der Waals surface area contributed by atoms with Crippen molar-refractivity contribution in [3.05, 3.63) is 57.3 Å². The van der Waals surface area contributed by atoms with Crippen LogP contribution in [0.1, 0.15) is 16.1 Å². The normalized spacial score (nSPS) is 10.2. The molecule has 5 heteroatoms. The molecular formula is C13H9BrClNO2. The maximum absolute atomic E-state index is 12.3. The number of ketones is 1. The van der Waals surface area contributed by atoms with Crippen molar-refractivity contribution >= 4 is 33.3 Å². The predicted octanol–water partition coefficient (Wildman–Crippen LogP) is 3.74. The summed E-state index contributed by atoms with van der Waals surface area (Å²) in [6.45, 7) is 0. The van der Waals surface area contributed by atoms with Crippen LogP contribution in [0.5, 0.6) is 5.75 Å². The second kappa shape index (κ2) is 5.50. The van der Waals surface area contributed by atoms with Crippen molar-refractivity contribution in [3.8, 4) is 5.75 Å². The third-order valence-electron chi connectivity index (χ3n) is 2.38. The Bertz CT molecular complexity index is 601. The van der Waals surface area contributed by atoms with Crippen LogP contribution >= 0.6 is 27.5 Å². The summed E-state index contributed by atoms with van der Waals surface area (Å²) in [6.07, 6.45) is 1.54. The molecule has 1 aromatic carbocycles. The van der Waals surface area contributed by atoms with Gasteiger partial charge in [0.15, 0.2) is 5.69 Å². The largest absolute Gasteiger partial charge is 0.494 e. The fourth-order valence-electron chi connectivity index (χ4n) is 1.53. The molecule has 0 saturated heterocycles. The molecule has 0 aliphatic heterocycles. The number of aromatic nitrogens is 1. The van der Waals surface area contributed by atoms with Crippen LogP contribution in [0.3, 0.4) is 0 Å². The minimum Gasteiger partial charge on any atom is -0.494 e. The smallest absolute Gasteiger partial charge is 0.216 e. The molecule has 92 valence electrons. The SMILES string of the molecule is COc1cccnc1C(=O)c1ccc(Br)cc1Cl. The topological polar surface area (TPSA) is 39.2 Å². The van der Waals surface area contributed by atoms with Crippen molar-refractivity contribution in [2.45, 2.75) is 0 Å². The van der Waals surface area contributed by atoms with E-state index in [9.17, 15) is 4.79 Å². The fourth-order valence-corrected chi connectivity index (χ4v) is 2.29. The summed E-state index contributed by atoms with van der Waals surface area (Å²) in [5.41, 5.74) is 0.654. The average molecular weight is 327 g/mol. The third kappa shape index (κ3) is 2.54. The Morgan fingerprint density at radius 3 is 2.83 bits per heavy atom. The van der Waals surface area contributed by atoms with Gasteiger partial charge in [-0.05, 0) is 30.3 Å². The first-order chi connectivity index (χ1) is 8.63. The number of ether oxygens (including phenoxy) is 1. The molecule has 2 rings (SSSR count). The van der Waals surface area contributed by atoms with Crippen LogP contribution in [-0.4, -0.2) is 17.9 Å². The molecule has 0 bridgehead atoms. The molecule has 0 amide bonds. The van der Waals surface area contributed by atoms with Crippen molar-refractivity contribution < 1.29 is 9.53 Å². The number of carbonyl (C=O) groups is 1. The number of halogens is 2. The molecule has 18 heavy (non-hydrogen) atoms. The Kier molecular flexibility index (Phi) is 3.99. The van der Waals surface area contributed by atoms with E-state index in [4.69, 9.17) is 16.3 Å². The Morgan fingerprint density at radius 2 is 2.17 bits per heavy atom. The van der Waals surface area contributed by atoms with Crippen LogP contribution in [-0.2, 0) is 0 Å². The number of rotatable bonds is 3. The van der Waals surface area contributed by atoms with Crippen molar-refractivity contribution in [2.24, 2.45) is 0 Å². The maximum atomic E-state index is 12.3. The van der Waals surface area contributed by atoms with Gasteiger partial charge >= 0.3 is 0 Å². The Balaban J connectivity index is 2.48. The van der Waals surface area contributed by atoms with E-state index in [0.29, 0.717) is 16.3 Å². The molecule has 3 nitrogen and oxygen atoms in total. The zero-order valence-corrected chi connectivity index (χ0v) is 11.8. The molecule has 2 aromatic rings. The highest BCUT2D eigenvalue weighted by Crippen LogP contribution is 2.26. The molecule has 0 N–H and O–H groups in total. The zero-order chi connectivity index (χ0) is 13.1. The minimum atomic E-state index is -0.259. The lowest BCUT2D eigenvalue weighted by atomic mass is 10.1. The molecule has 0 radical (unpaired) electrons. The monoisotopic (exact) mass is 325 g/mol. The van der Waals surface area contributed by atoms with Gasteiger partial charge in [0.2, 0.25) is 5.78 Å². The third-order valence-corrected chi connectivity index (χ3v) is 3.19. The first-order valence-electron chi connectivity index (χ1n) is 5.12. The van der Waals surface area contributed by atoms with E-state index in [1.807, 2.05) is 0 Å². The lowest BCUT2D eigenvalue weighted by Crippen LogP contribution is -2.07. The quantitative estimate of drug-likeness (QED) is 0.807. The zero-order valence-electron chi connectivity index (χ0n) is 9.48. The number of nitrogens with zero attached hydrogens (tertiary/aromatic N) is 1. The first kappa shape index (κ1) is 13.1. The van der Waals surface area contributed by atoms with Gasteiger partial charge in [-0.15, -0.1) is 0 Å². The van der Waals surface area contributed by atoms with E-state index in [-0.39, 0.29) is 11.5 Å². The van der Waals surface area contributed by atoms with E-state index in [2.05, 4.69) is 20.9 Å². The van der Waals surface area contributed by atoms with E-state index in [0.717, 1.165) is 4.47 Å². The van der Waals surface area contributed by atoms with Crippen molar-refractivity contribution in [1.82, 2.24) is 4.98 Å². The van der Waals surface area contributed by atoms with Gasteiger partial charge in [-0.25, -0.2) is 4.98 Å². The molecule has 0 unspecified atom stereocenters. The van der Waals surface area contributed by atoms with Gasteiger partial charge in [-0.1, -0.05) is 27.5 Å². The van der Waals surface area contributed by atoms with Gasteiger partial charge in [0.05, 0.1) is 12.1 Å². The average Bonchev–Trinajstić information content (AvgIpc) is 2.38. The van der Waals surface area contributed by atoms with E-state index in [1.54, 1.807) is 36.5 Å². The number of methoxy groups -OCH3 is 1. The minimum absolute atomic E-state index is 0.254. The van der Waals surface area contributed by atoms with Crippen molar-refractivity contribution in [1.29, 1.82) is 0 Å². The predicted molar refractivity (Wildman–Crippen MR) is 73.4 cm³/mol. The molecule has 0 aliphatic carbocycles. The van der Waals surface area contributed by atoms with Gasteiger partial charge in [-0.3, -0.25) is 4.79 Å². The lowest BCUT2D eigenvalue weighted by Gasteiger charge is -2.07. The molecule has 1 heterocycles. The molecule has 1 aromatic heterocycles. The van der Waals surface area contributed by atoms with Gasteiger partial charge in [0, 0.05) is 16.2 Å². The van der Waals surface area contributed by atoms with E-state index < -0.39 is 0 Å². The summed E-state index contributed by atoms with van der Waals surface area (Å²) in [5.74, 6) is 0.173. The fraction of sp³-hybridized carbons (Fsp3) is 0.0769. The summed E-state index contributed by atoms with van der Waals surface area (Å²) in [6, 6.07) is 8.48. The molecule has 0 aliphatic rings. The van der Waals surface area contributed by atoms with Gasteiger partial charge < -0.3 is 4.74 Å². The summed E-state index contributed by atoms with van der Waals surface area (Å²) < 4.78 is 5.93. The van der Waals surface area contributed by atoms with E-state index in [1.165, 1.54) is 7.11 Å². The van der Waals surface area contributed by atoms with Crippen LogP contribution in [0.2, 0.25) is 5.02 Å². The second-order valence-corrected chi connectivity index (χ2v) is 4.83. The highest BCUT2D eigenvalue weighted by molar-refractivity contribution is 9.10. The van der Waals surface area contributed by atoms with Crippen molar-refractivity contribution in [2.75, 3.05) is 7.11 Å². The van der Waals surface area contributed by atoms with Crippen LogP contribution in [0, 0.1) is 0 Å². The molecule has 0 spiro atoms. The van der Waals surface area contributed by atoms with Crippen LogP contribution in [0.15, 0.2) is 41.0 Å². The summed E-state index contributed by atoms with van der Waals surface area (Å²) in [5, 5.41) is 0.377. The Hall–Kier alpha value is -1.39. The number of pyridine rings is 1. The number of hydrogen-bond donors (Lipinski definition) is 0. The highest BCUT2D eigenvalue weighted by atomic mass is 79.9. The summed E-state index contributed by atoms with van der Waals surface area (Å²) in [7, 11) is 1.50. The number of benzene rings is 1. The van der Waals surface area contributed by atoms with Gasteiger partial charge in [0.25, 0.3) is 0 Å². The number of hydrogen-bond acceptors (Lipinski definition) is 3. The summed E-state index contributed by atoms with van der Waals surface area (Å²) >= 11 is 9.34. The van der Waals surface area contributed by atoms with Gasteiger partial charge in [0.1, 0.15) is 5.75 Å². The highest BCUT2D eigenvalue weighted by Gasteiger charge is 2.18. The molecular weight excluding hydrogens is 318 g/mol. The Morgan fingerprint density at radius 1 is 1.39 bits per heavy atom. The molecule has 0 atom stereocenters. The lowest BCUT2D eigenvalue weighted by molar-refractivity contribution is 0.103. The number of carbonyl (C=O) groups excluding carboxylic acids is 1. The Labute approximate surface area is 118 Å². The van der Waals surface area contributed by atoms with Crippen LogP contribution in [0.4, 0.5) is 0 Å². The first-order valence-corrected chi connectivity index (χ1v) is 6.29. The van der Waals surface area contributed by atoms with E-state index >= 15 is 0 Å². The van der Waals surface area contributed by atoms with Gasteiger partial charge in [-0.2, -0.15) is 0 Å². The molecule has 0 saturated carbocycles. The maximum Gasteiger partial charge on any atom is 0.216 e. The standard InChI is InChI=1S/C13H9BrClNO2/c1-18-11-3-2-6-16-12(11)13(17)9-5-4-8(14)7-10(9)15/h2-7H,1H3.